The molecule has 8 heteroatoms. The van der Waals surface area contributed by atoms with Gasteiger partial charge in [0.1, 0.15) is 17.8 Å². The summed E-state index contributed by atoms with van der Waals surface area (Å²) in [6.07, 6.45) is 0. The van der Waals surface area contributed by atoms with E-state index in [0.29, 0.717) is 5.75 Å². The standard InChI is InChI=1S/C18H23N3O5/c1-12(2)18(3,11-19)21-15(22)10-26-16(23)9-20-17(24)13-7-5-6-8-14(13)25-4/h5-8,12H,9-10H2,1-4H3,(H,20,24)(H,21,22)/t18-/m1/s1. The second-order valence-electron chi connectivity index (χ2n) is 6.06. The molecule has 0 aliphatic rings. The van der Waals surface area contributed by atoms with Gasteiger partial charge in [0.25, 0.3) is 11.8 Å². The van der Waals surface area contributed by atoms with Crippen LogP contribution in [0.1, 0.15) is 31.1 Å². The van der Waals surface area contributed by atoms with Gasteiger partial charge in [0.05, 0.1) is 18.7 Å². The van der Waals surface area contributed by atoms with Crippen molar-refractivity contribution < 1.29 is 23.9 Å². The summed E-state index contributed by atoms with van der Waals surface area (Å²) in [6, 6.07) is 8.59. The zero-order chi connectivity index (χ0) is 19.7. The average Bonchev–Trinajstić information content (AvgIpc) is 2.63. The van der Waals surface area contributed by atoms with E-state index in [4.69, 9.17) is 14.7 Å². The lowest BCUT2D eigenvalue weighted by Gasteiger charge is -2.27. The van der Waals surface area contributed by atoms with Gasteiger partial charge in [0.2, 0.25) is 0 Å². The predicted molar refractivity (Wildman–Crippen MR) is 93.3 cm³/mol. The highest BCUT2D eigenvalue weighted by Crippen LogP contribution is 2.16. The van der Waals surface area contributed by atoms with E-state index in [1.54, 1.807) is 45.0 Å². The SMILES string of the molecule is COc1ccccc1C(=O)NCC(=O)OCC(=O)N[C@](C)(C#N)C(C)C. The van der Waals surface area contributed by atoms with Gasteiger partial charge in [0, 0.05) is 0 Å². The van der Waals surface area contributed by atoms with Crippen LogP contribution in [0.15, 0.2) is 24.3 Å². The van der Waals surface area contributed by atoms with Crippen molar-refractivity contribution in [2.24, 2.45) is 5.92 Å². The molecule has 0 spiro atoms. The summed E-state index contributed by atoms with van der Waals surface area (Å²) >= 11 is 0. The van der Waals surface area contributed by atoms with Crippen LogP contribution < -0.4 is 15.4 Å². The van der Waals surface area contributed by atoms with E-state index in [1.807, 2.05) is 6.07 Å². The molecule has 2 amide bonds. The Kier molecular flexibility index (Phi) is 7.59. The lowest BCUT2D eigenvalue weighted by Crippen LogP contribution is -2.50. The van der Waals surface area contributed by atoms with Gasteiger partial charge in [-0.1, -0.05) is 26.0 Å². The summed E-state index contributed by atoms with van der Waals surface area (Å²) in [5.74, 6) is -1.60. The van der Waals surface area contributed by atoms with Gasteiger partial charge < -0.3 is 20.1 Å². The second-order valence-corrected chi connectivity index (χ2v) is 6.06. The van der Waals surface area contributed by atoms with Crippen molar-refractivity contribution in [2.45, 2.75) is 26.3 Å². The third-order valence-electron chi connectivity index (χ3n) is 3.90. The first kappa shape index (κ1) is 21.0. The van der Waals surface area contributed by atoms with Crippen LogP contribution in [0.4, 0.5) is 0 Å². The van der Waals surface area contributed by atoms with E-state index >= 15 is 0 Å². The number of amides is 2. The van der Waals surface area contributed by atoms with Crippen molar-refractivity contribution in [1.29, 1.82) is 5.26 Å². The summed E-state index contributed by atoms with van der Waals surface area (Å²) in [7, 11) is 1.44. The molecule has 0 heterocycles. The Balaban J connectivity index is 2.47. The number of nitrogens with zero attached hydrogens (tertiary/aromatic N) is 1. The third kappa shape index (κ3) is 5.77. The number of para-hydroxylation sites is 1. The van der Waals surface area contributed by atoms with Crippen LogP contribution in [0.2, 0.25) is 0 Å². The van der Waals surface area contributed by atoms with Crippen molar-refractivity contribution in [3.8, 4) is 11.8 Å². The van der Waals surface area contributed by atoms with Gasteiger partial charge in [-0.15, -0.1) is 0 Å². The number of ether oxygens (including phenoxy) is 2. The minimum absolute atomic E-state index is 0.118. The molecule has 140 valence electrons. The van der Waals surface area contributed by atoms with Gasteiger partial charge in [-0.05, 0) is 25.0 Å². The number of nitriles is 1. The summed E-state index contributed by atoms with van der Waals surface area (Å²) in [5.41, 5.74) is -0.774. The fourth-order valence-electron chi connectivity index (χ4n) is 1.90. The number of nitrogens with one attached hydrogen (secondary N) is 2. The molecule has 0 saturated heterocycles. The van der Waals surface area contributed by atoms with Crippen molar-refractivity contribution in [3.63, 3.8) is 0 Å². The molecule has 0 radical (unpaired) electrons. The van der Waals surface area contributed by atoms with Crippen LogP contribution in [-0.2, 0) is 14.3 Å². The normalized spacial score (nSPS) is 12.5. The van der Waals surface area contributed by atoms with Gasteiger partial charge in [-0.3, -0.25) is 14.4 Å². The number of methoxy groups -OCH3 is 1. The molecule has 1 rings (SSSR count). The van der Waals surface area contributed by atoms with Crippen LogP contribution in [-0.4, -0.2) is 43.6 Å². The fourth-order valence-corrected chi connectivity index (χ4v) is 1.90. The number of carbonyl (C=O) groups excluding carboxylic acids is 3. The minimum atomic E-state index is -1.05. The zero-order valence-corrected chi connectivity index (χ0v) is 15.3. The first-order valence-electron chi connectivity index (χ1n) is 8.02. The minimum Gasteiger partial charge on any atom is -0.496 e. The smallest absolute Gasteiger partial charge is 0.325 e. The highest BCUT2D eigenvalue weighted by atomic mass is 16.5. The average molecular weight is 361 g/mol. The molecule has 2 N–H and O–H groups in total. The maximum atomic E-state index is 12.1. The second kappa shape index (κ2) is 9.42. The van der Waals surface area contributed by atoms with Crippen LogP contribution >= 0.6 is 0 Å². The Labute approximate surface area is 152 Å². The van der Waals surface area contributed by atoms with E-state index in [0.717, 1.165) is 0 Å². The molecule has 0 aliphatic heterocycles. The number of carbonyl (C=O) groups is 3. The van der Waals surface area contributed by atoms with E-state index in [-0.39, 0.29) is 11.5 Å². The number of hydrogen-bond acceptors (Lipinski definition) is 6. The van der Waals surface area contributed by atoms with E-state index in [2.05, 4.69) is 10.6 Å². The molecular formula is C18H23N3O5. The predicted octanol–water partition coefficient (Wildman–Crippen LogP) is 1.02. The van der Waals surface area contributed by atoms with Crippen LogP contribution in [0, 0.1) is 17.2 Å². The molecule has 0 unspecified atom stereocenters. The Hall–Kier alpha value is -3.08. The summed E-state index contributed by atoms with van der Waals surface area (Å²) in [5, 5.41) is 14.1. The highest BCUT2D eigenvalue weighted by molar-refractivity contribution is 5.98. The maximum absolute atomic E-state index is 12.1. The first-order chi connectivity index (χ1) is 12.2. The van der Waals surface area contributed by atoms with Gasteiger partial charge >= 0.3 is 5.97 Å². The number of hydrogen-bond donors (Lipinski definition) is 2. The molecule has 1 aromatic rings. The zero-order valence-electron chi connectivity index (χ0n) is 15.3. The lowest BCUT2D eigenvalue weighted by molar-refractivity contribution is -0.147. The molecule has 0 saturated carbocycles. The Bertz CT molecular complexity index is 711. The van der Waals surface area contributed by atoms with Crippen molar-refractivity contribution in [2.75, 3.05) is 20.3 Å². The number of rotatable bonds is 8. The van der Waals surface area contributed by atoms with E-state index in [1.165, 1.54) is 7.11 Å². The monoisotopic (exact) mass is 361 g/mol. The van der Waals surface area contributed by atoms with Gasteiger partial charge in [-0.2, -0.15) is 5.26 Å². The molecule has 26 heavy (non-hydrogen) atoms. The van der Waals surface area contributed by atoms with E-state index < -0.39 is 36.5 Å². The van der Waals surface area contributed by atoms with Crippen LogP contribution in [0.5, 0.6) is 5.75 Å². The van der Waals surface area contributed by atoms with Crippen LogP contribution in [0.3, 0.4) is 0 Å². The summed E-state index contributed by atoms with van der Waals surface area (Å²) < 4.78 is 9.88. The quantitative estimate of drug-likeness (QED) is 0.668. The number of esters is 1. The fraction of sp³-hybridized carbons (Fsp3) is 0.444. The van der Waals surface area contributed by atoms with Crippen molar-refractivity contribution in [1.82, 2.24) is 10.6 Å². The van der Waals surface area contributed by atoms with E-state index in [9.17, 15) is 14.4 Å². The number of benzene rings is 1. The van der Waals surface area contributed by atoms with Crippen molar-refractivity contribution >= 4 is 17.8 Å². The van der Waals surface area contributed by atoms with Crippen molar-refractivity contribution in [3.05, 3.63) is 29.8 Å². The summed E-state index contributed by atoms with van der Waals surface area (Å²) in [6.45, 7) is 4.24. The molecule has 8 nitrogen and oxygen atoms in total. The molecule has 0 aromatic heterocycles. The van der Waals surface area contributed by atoms with Gasteiger partial charge in [-0.25, -0.2) is 0 Å². The maximum Gasteiger partial charge on any atom is 0.325 e. The Morgan fingerprint density at radius 3 is 2.50 bits per heavy atom. The topological polar surface area (TPSA) is 118 Å². The molecular weight excluding hydrogens is 338 g/mol. The molecule has 0 bridgehead atoms. The van der Waals surface area contributed by atoms with Gasteiger partial charge in [0.15, 0.2) is 6.61 Å². The first-order valence-corrected chi connectivity index (χ1v) is 8.02. The largest absolute Gasteiger partial charge is 0.496 e. The molecule has 1 atom stereocenters. The molecule has 0 aliphatic carbocycles. The Morgan fingerprint density at radius 2 is 1.92 bits per heavy atom. The summed E-state index contributed by atoms with van der Waals surface area (Å²) in [4.78, 5) is 35.6. The van der Waals surface area contributed by atoms with Crippen LogP contribution in [0.25, 0.3) is 0 Å². The lowest BCUT2D eigenvalue weighted by atomic mass is 9.90. The Morgan fingerprint density at radius 1 is 1.27 bits per heavy atom. The molecule has 1 aromatic carbocycles. The third-order valence-corrected chi connectivity index (χ3v) is 3.90. The highest BCUT2D eigenvalue weighted by Gasteiger charge is 2.30. The molecule has 0 fully saturated rings.